The molecule has 9 heteroatoms. The van der Waals surface area contributed by atoms with Gasteiger partial charge in [0.2, 0.25) is 5.91 Å². The Morgan fingerprint density at radius 2 is 2.03 bits per heavy atom. The molecule has 0 spiro atoms. The highest BCUT2D eigenvalue weighted by Crippen LogP contribution is 2.32. The Bertz CT molecular complexity index is 1020. The van der Waals surface area contributed by atoms with Gasteiger partial charge in [-0.3, -0.25) is 14.9 Å². The van der Waals surface area contributed by atoms with Gasteiger partial charge in [0.1, 0.15) is 13.2 Å². The van der Waals surface area contributed by atoms with E-state index in [2.05, 4.69) is 15.6 Å². The van der Waals surface area contributed by atoms with Gasteiger partial charge in [0.25, 0.3) is 5.91 Å². The highest BCUT2D eigenvalue weighted by molar-refractivity contribution is 7.14. The monoisotopic (exact) mass is 413 g/mol. The van der Waals surface area contributed by atoms with Crippen LogP contribution in [0.5, 0.6) is 11.5 Å². The van der Waals surface area contributed by atoms with Crippen molar-refractivity contribution >= 4 is 28.3 Å². The van der Waals surface area contributed by atoms with Gasteiger partial charge >= 0.3 is 0 Å². The lowest BCUT2D eigenvalue weighted by atomic mass is 10.1. The van der Waals surface area contributed by atoms with Crippen LogP contribution in [-0.2, 0) is 11.2 Å². The SMILES string of the molecule is CC(NC(=O)Cc1csc(NC(=O)c2ccco2)n1)c1ccc2c(c1)OCCO2. The number of fused-ring (bicyclic) bond motifs is 1. The van der Waals surface area contributed by atoms with Gasteiger partial charge in [0, 0.05) is 5.38 Å². The molecule has 1 unspecified atom stereocenters. The van der Waals surface area contributed by atoms with E-state index in [4.69, 9.17) is 13.9 Å². The van der Waals surface area contributed by atoms with Crippen LogP contribution in [0.25, 0.3) is 0 Å². The van der Waals surface area contributed by atoms with Crippen molar-refractivity contribution in [1.82, 2.24) is 10.3 Å². The Morgan fingerprint density at radius 3 is 2.83 bits per heavy atom. The topological polar surface area (TPSA) is 103 Å². The maximum atomic E-state index is 12.4. The van der Waals surface area contributed by atoms with Gasteiger partial charge in [-0.1, -0.05) is 6.07 Å². The number of ether oxygens (including phenoxy) is 2. The van der Waals surface area contributed by atoms with Crippen molar-refractivity contribution in [3.63, 3.8) is 0 Å². The average Bonchev–Trinajstić information content (AvgIpc) is 3.40. The number of benzene rings is 1. The molecule has 3 aromatic rings. The molecule has 8 nitrogen and oxygen atoms in total. The molecular weight excluding hydrogens is 394 g/mol. The Labute approximate surface area is 170 Å². The van der Waals surface area contributed by atoms with Crippen molar-refractivity contribution in [1.29, 1.82) is 0 Å². The minimum absolute atomic E-state index is 0.113. The summed E-state index contributed by atoms with van der Waals surface area (Å²) in [5.74, 6) is 1.05. The minimum Gasteiger partial charge on any atom is -0.486 e. The Morgan fingerprint density at radius 1 is 1.21 bits per heavy atom. The van der Waals surface area contributed by atoms with E-state index in [-0.39, 0.29) is 30.0 Å². The molecule has 1 aliphatic rings. The zero-order valence-electron chi connectivity index (χ0n) is 15.6. The summed E-state index contributed by atoms with van der Waals surface area (Å²) in [5.41, 5.74) is 1.50. The van der Waals surface area contributed by atoms with E-state index in [1.54, 1.807) is 17.5 Å². The smallest absolute Gasteiger partial charge is 0.293 e. The number of furan rings is 1. The number of thiazole rings is 1. The van der Waals surface area contributed by atoms with Crippen LogP contribution in [0.15, 0.2) is 46.4 Å². The maximum Gasteiger partial charge on any atom is 0.293 e. The van der Waals surface area contributed by atoms with Gasteiger partial charge in [0.05, 0.1) is 24.4 Å². The van der Waals surface area contributed by atoms with Gasteiger partial charge in [-0.05, 0) is 36.8 Å². The number of hydrogen-bond donors (Lipinski definition) is 2. The summed E-state index contributed by atoms with van der Waals surface area (Å²) < 4.78 is 16.1. The fourth-order valence-electron chi connectivity index (χ4n) is 2.88. The summed E-state index contributed by atoms with van der Waals surface area (Å²) in [6, 6.07) is 8.64. The number of carbonyl (C=O) groups is 2. The molecule has 0 radical (unpaired) electrons. The number of hydrogen-bond acceptors (Lipinski definition) is 7. The van der Waals surface area contributed by atoms with Gasteiger partial charge in [0.15, 0.2) is 22.4 Å². The number of carbonyl (C=O) groups excluding carboxylic acids is 2. The second kappa shape index (κ2) is 8.36. The molecule has 2 amide bonds. The summed E-state index contributed by atoms with van der Waals surface area (Å²) in [6.45, 7) is 2.95. The molecule has 1 aromatic carbocycles. The molecule has 0 fully saturated rings. The largest absolute Gasteiger partial charge is 0.486 e. The molecule has 1 atom stereocenters. The van der Waals surface area contributed by atoms with Gasteiger partial charge in [-0.25, -0.2) is 4.98 Å². The van der Waals surface area contributed by atoms with E-state index in [0.717, 1.165) is 5.56 Å². The number of anilines is 1. The lowest BCUT2D eigenvalue weighted by Gasteiger charge is -2.21. The lowest BCUT2D eigenvalue weighted by Crippen LogP contribution is -2.28. The van der Waals surface area contributed by atoms with E-state index < -0.39 is 0 Å². The molecule has 1 aliphatic heterocycles. The summed E-state index contributed by atoms with van der Waals surface area (Å²) in [7, 11) is 0. The first-order valence-corrected chi connectivity index (χ1v) is 9.94. The molecule has 0 saturated carbocycles. The van der Waals surface area contributed by atoms with Gasteiger partial charge < -0.3 is 19.2 Å². The number of rotatable bonds is 6. The highest BCUT2D eigenvalue weighted by Gasteiger charge is 2.17. The first-order chi connectivity index (χ1) is 14.1. The molecule has 0 aliphatic carbocycles. The Balaban J connectivity index is 1.32. The highest BCUT2D eigenvalue weighted by atomic mass is 32.1. The number of nitrogens with one attached hydrogen (secondary N) is 2. The molecule has 150 valence electrons. The standard InChI is InChI=1S/C20H19N3O5S/c1-12(13-4-5-15-17(9-13)28-8-7-27-15)21-18(24)10-14-11-29-20(22-14)23-19(25)16-3-2-6-26-16/h2-6,9,11-12H,7-8,10H2,1H3,(H,21,24)(H,22,23,25). The van der Waals surface area contributed by atoms with E-state index >= 15 is 0 Å². The molecule has 2 N–H and O–H groups in total. The van der Waals surface area contributed by atoms with E-state index in [0.29, 0.717) is 35.5 Å². The van der Waals surface area contributed by atoms with E-state index in [1.807, 2.05) is 25.1 Å². The zero-order valence-corrected chi connectivity index (χ0v) is 16.5. The molecule has 2 aromatic heterocycles. The van der Waals surface area contributed by atoms with Crippen LogP contribution in [0, 0.1) is 0 Å². The van der Waals surface area contributed by atoms with Crippen LogP contribution in [0.3, 0.4) is 0 Å². The maximum absolute atomic E-state index is 12.4. The zero-order chi connectivity index (χ0) is 20.2. The van der Waals surface area contributed by atoms with Crippen molar-refractivity contribution < 1.29 is 23.5 Å². The van der Waals surface area contributed by atoms with Gasteiger partial charge in [-0.15, -0.1) is 11.3 Å². The number of aromatic nitrogens is 1. The second-order valence-corrected chi connectivity index (χ2v) is 7.30. The molecule has 0 bridgehead atoms. The van der Waals surface area contributed by atoms with Crippen molar-refractivity contribution in [2.75, 3.05) is 18.5 Å². The summed E-state index contributed by atoms with van der Waals surface area (Å²) in [4.78, 5) is 28.7. The third-order valence-electron chi connectivity index (χ3n) is 4.30. The van der Waals surface area contributed by atoms with Crippen LogP contribution in [0.2, 0.25) is 0 Å². The Hall–Kier alpha value is -3.33. The molecular formula is C20H19N3O5S. The van der Waals surface area contributed by atoms with Crippen LogP contribution in [0.4, 0.5) is 5.13 Å². The summed E-state index contributed by atoms with van der Waals surface area (Å²) in [5, 5.41) is 7.76. The predicted octanol–water partition coefficient (Wildman–Crippen LogP) is 3.18. The summed E-state index contributed by atoms with van der Waals surface area (Å²) >= 11 is 1.25. The number of amides is 2. The van der Waals surface area contributed by atoms with Crippen LogP contribution >= 0.6 is 11.3 Å². The molecule has 3 heterocycles. The van der Waals surface area contributed by atoms with Crippen molar-refractivity contribution in [2.45, 2.75) is 19.4 Å². The van der Waals surface area contributed by atoms with Crippen molar-refractivity contribution in [3.8, 4) is 11.5 Å². The fourth-order valence-corrected chi connectivity index (χ4v) is 3.59. The quantitative estimate of drug-likeness (QED) is 0.643. The third-order valence-corrected chi connectivity index (χ3v) is 5.11. The van der Waals surface area contributed by atoms with E-state index in [9.17, 15) is 9.59 Å². The lowest BCUT2D eigenvalue weighted by molar-refractivity contribution is -0.121. The third kappa shape index (κ3) is 4.57. The van der Waals surface area contributed by atoms with Crippen LogP contribution in [-0.4, -0.2) is 30.0 Å². The van der Waals surface area contributed by atoms with E-state index in [1.165, 1.54) is 17.6 Å². The van der Waals surface area contributed by atoms with Gasteiger partial charge in [-0.2, -0.15) is 0 Å². The number of nitrogens with zero attached hydrogens (tertiary/aromatic N) is 1. The first-order valence-electron chi connectivity index (χ1n) is 9.06. The second-order valence-electron chi connectivity index (χ2n) is 6.44. The minimum atomic E-state index is -0.382. The summed E-state index contributed by atoms with van der Waals surface area (Å²) in [6.07, 6.45) is 1.54. The molecule has 4 rings (SSSR count). The van der Waals surface area contributed by atoms with Crippen molar-refractivity contribution in [3.05, 3.63) is 59.0 Å². The van der Waals surface area contributed by atoms with Crippen LogP contribution in [0.1, 0.15) is 34.8 Å². The molecule has 29 heavy (non-hydrogen) atoms. The Kier molecular flexibility index (Phi) is 5.48. The average molecular weight is 413 g/mol. The normalized spacial score (nSPS) is 13.6. The van der Waals surface area contributed by atoms with Crippen LogP contribution < -0.4 is 20.1 Å². The van der Waals surface area contributed by atoms with Crippen molar-refractivity contribution in [2.24, 2.45) is 0 Å². The predicted molar refractivity (Wildman–Crippen MR) is 106 cm³/mol. The molecule has 0 saturated heterocycles. The fraction of sp³-hybridized carbons (Fsp3) is 0.250. The first kappa shape index (κ1) is 19.0.